The van der Waals surface area contributed by atoms with Crippen LogP contribution in [0.3, 0.4) is 0 Å². The molecule has 2 aliphatic rings. The average molecular weight is 467 g/mol. The van der Waals surface area contributed by atoms with Crippen molar-refractivity contribution in [3.63, 3.8) is 0 Å². The number of aromatic amines is 2. The molecule has 0 saturated carbocycles. The molecule has 6 nitrogen and oxygen atoms in total. The first kappa shape index (κ1) is 19.2. The Hall–Kier alpha value is -5.10. The van der Waals surface area contributed by atoms with Gasteiger partial charge in [0.05, 0.1) is 22.5 Å². The van der Waals surface area contributed by atoms with E-state index in [0.29, 0.717) is 22.5 Å². The molecule has 2 aliphatic heterocycles. The van der Waals surface area contributed by atoms with Gasteiger partial charge >= 0.3 is 0 Å². The second-order valence-electron chi connectivity index (χ2n) is 9.27. The topological polar surface area (TPSA) is 89.8 Å². The summed E-state index contributed by atoms with van der Waals surface area (Å²) in [7, 11) is 0. The van der Waals surface area contributed by atoms with Crippen molar-refractivity contribution in [2.75, 3.05) is 0 Å². The fourth-order valence-corrected chi connectivity index (χ4v) is 5.62. The van der Waals surface area contributed by atoms with Gasteiger partial charge in [0.25, 0.3) is 11.8 Å². The van der Waals surface area contributed by atoms with Crippen LogP contribution in [0.4, 0.5) is 0 Å². The lowest BCUT2D eigenvalue weighted by molar-refractivity contribution is -0.117. The van der Waals surface area contributed by atoms with E-state index >= 15 is 0 Å². The highest BCUT2D eigenvalue weighted by Gasteiger charge is 2.41. The molecule has 170 valence electrons. The van der Waals surface area contributed by atoms with E-state index in [2.05, 4.69) is 32.7 Å². The maximum Gasteiger partial charge on any atom is 0.258 e. The fourth-order valence-electron chi connectivity index (χ4n) is 5.62. The van der Waals surface area contributed by atoms with Gasteiger partial charge in [-0.05, 0) is 47.5 Å². The fraction of sp³-hybridized carbons (Fsp3) is 0. The Bertz CT molecular complexity index is 1890. The molecule has 4 heterocycles. The van der Waals surface area contributed by atoms with Gasteiger partial charge in [-0.2, -0.15) is 0 Å². The van der Waals surface area contributed by atoms with Crippen LogP contribution in [-0.4, -0.2) is 21.8 Å². The van der Waals surface area contributed by atoms with Gasteiger partial charge in [-0.1, -0.05) is 48.5 Å². The quantitative estimate of drug-likeness (QED) is 0.278. The summed E-state index contributed by atoms with van der Waals surface area (Å²) in [4.78, 5) is 33.2. The van der Waals surface area contributed by atoms with Crippen LogP contribution in [0.1, 0.15) is 11.1 Å². The number of aromatic nitrogens is 2. The Labute approximate surface area is 204 Å². The first-order chi connectivity index (χ1) is 17.7. The van der Waals surface area contributed by atoms with Gasteiger partial charge in [0.1, 0.15) is 0 Å². The van der Waals surface area contributed by atoms with Gasteiger partial charge in [-0.25, -0.2) is 0 Å². The van der Waals surface area contributed by atoms with E-state index in [-0.39, 0.29) is 11.8 Å². The average Bonchev–Trinajstić information content (AvgIpc) is 3.64. The summed E-state index contributed by atoms with van der Waals surface area (Å²) in [5.74, 6) is -0.544. The van der Waals surface area contributed by atoms with Crippen LogP contribution in [-0.2, 0) is 9.59 Å². The van der Waals surface area contributed by atoms with Gasteiger partial charge in [0, 0.05) is 43.6 Å². The second kappa shape index (κ2) is 6.73. The van der Waals surface area contributed by atoms with Gasteiger partial charge in [-0.3, -0.25) is 9.59 Å². The van der Waals surface area contributed by atoms with E-state index in [4.69, 9.17) is 0 Å². The largest absolute Gasteiger partial charge is 0.355 e. The Kier molecular flexibility index (Phi) is 3.60. The first-order valence-corrected chi connectivity index (χ1v) is 11.8. The zero-order valence-electron chi connectivity index (χ0n) is 18.9. The summed E-state index contributed by atoms with van der Waals surface area (Å²) < 4.78 is 0. The van der Waals surface area contributed by atoms with Crippen LogP contribution in [0.15, 0.2) is 96.1 Å². The van der Waals surface area contributed by atoms with Crippen LogP contribution < -0.4 is 10.6 Å². The number of H-pyrrole nitrogens is 2. The van der Waals surface area contributed by atoms with E-state index in [9.17, 15) is 9.59 Å². The van der Waals surface area contributed by atoms with E-state index in [1.165, 1.54) is 0 Å². The lowest BCUT2D eigenvalue weighted by Crippen LogP contribution is -2.21. The molecule has 6 heteroatoms. The summed E-state index contributed by atoms with van der Waals surface area (Å²) >= 11 is 0. The Balaban J connectivity index is 1.32. The van der Waals surface area contributed by atoms with Gasteiger partial charge in [0.2, 0.25) is 0 Å². The minimum Gasteiger partial charge on any atom is -0.355 e. The standard InChI is InChI=1S/C30H18N4O2/c35-29-25-26(28(34-29)16-10-12-24-20(14-16)18-6-2-4-8-22(18)32-24)30(36)33-27(25)15-9-11-23-19(13-15)17-5-1-3-7-21(17)31-23/h1-14,31-32H,(H,33,36)(H,34,35). The van der Waals surface area contributed by atoms with E-state index in [0.717, 1.165) is 54.7 Å². The van der Waals surface area contributed by atoms with Crippen molar-refractivity contribution < 1.29 is 9.59 Å². The van der Waals surface area contributed by atoms with Gasteiger partial charge < -0.3 is 20.6 Å². The molecule has 0 fully saturated rings. The van der Waals surface area contributed by atoms with Crippen molar-refractivity contribution in [1.82, 2.24) is 20.6 Å². The number of para-hydroxylation sites is 2. The third kappa shape index (κ3) is 2.50. The summed E-state index contributed by atoms with van der Waals surface area (Å²) in [6.45, 7) is 0. The molecular formula is C30H18N4O2. The van der Waals surface area contributed by atoms with Crippen molar-refractivity contribution in [2.45, 2.75) is 0 Å². The number of carbonyl (C=O) groups excluding carboxylic acids is 2. The molecular weight excluding hydrogens is 448 g/mol. The lowest BCUT2D eigenvalue weighted by Gasteiger charge is -2.08. The zero-order valence-corrected chi connectivity index (χ0v) is 18.9. The van der Waals surface area contributed by atoms with Crippen LogP contribution in [0.25, 0.3) is 55.0 Å². The van der Waals surface area contributed by atoms with Crippen molar-refractivity contribution in [2.24, 2.45) is 0 Å². The van der Waals surface area contributed by atoms with Crippen LogP contribution in [0.5, 0.6) is 0 Å². The highest BCUT2D eigenvalue weighted by atomic mass is 16.2. The third-order valence-electron chi connectivity index (χ3n) is 7.27. The van der Waals surface area contributed by atoms with Crippen LogP contribution >= 0.6 is 0 Å². The Morgan fingerprint density at radius 1 is 0.444 bits per heavy atom. The van der Waals surface area contributed by atoms with Crippen molar-refractivity contribution in [3.05, 3.63) is 107 Å². The maximum absolute atomic E-state index is 13.2. The first-order valence-electron chi connectivity index (χ1n) is 11.8. The predicted molar refractivity (Wildman–Crippen MR) is 142 cm³/mol. The predicted octanol–water partition coefficient (Wildman–Crippen LogP) is 5.34. The SMILES string of the molecule is O=C1NC(c2ccc3[nH]c4ccccc4c3c2)=C2C(=O)NC(c3ccc4[nH]c5ccccc5c4c3)=C12. The number of hydrogen-bond acceptors (Lipinski definition) is 2. The molecule has 36 heavy (non-hydrogen) atoms. The number of benzene rings is 4. The molecule has 0 aliphatic carbocycles. The highest BCUT2D eigenvalue weighted by Crippen LogP contribution is 2.39. The minimum absolute atomic E-state index is 0.272. The molecule has 0 spiro atoms. The molecule has 0 atom stereocenters. The molecule has 0 saturated heterocycles. The van der Waals surface area contributed by atoms with Crippen molar-refractivity contribution >= 4 is 66.8 Å². The molecule has 2 aromatic heterocycles. The third-order valence-corrected chi connectivity index (χ3v) is 7.27. The van der Waals surface area contributed by atoms with Gasteiger partial charge in [0.15, 0.2) is 0 Å². The number of carbonyl (C=O) groups is 2. The smallest absolute Gasteiger partial charge is 0.258 e. The molecule has 4 aromatic carbocycles. The minimum atomic E-state index is -0.272. The summed E-state index contributed by atoms with van der Waals surface area (Å²) in [5.41, 5.74) is 7.59. The number of hydrogen-bond donors (Lipinski definition) is 4. The van der Waals surface area contributed by atoms with Crippen LogP contribution in [0, 0.1) is 0 Å². The summed E-state index contributed by atoms with van der Waals surface area (Å²) in [5, 5.41) is 10.2. The highest BCUT2D eigenvalue weighted by molar-refractivity contribution is 6.30. The number of fused-ring (bicyclic) bond motifs is 7. The summed E-state index contributed by atoms with van der Waals surface area (Å²) in [6, 6.07) is 28.1. The number of rotatable bonds is 2. The molecule has 0 unspecified atom stereocenters. The zero-order chi connectivity index (χ0) is 24.0. The molecule has 6 aromatic rings. The molecule has 0 radical (unpaired) electrons. The molecule has 2 amide bonds. The molecule has 8 rings (SSSR count). The monoisotopic (exact) mass is 466 g/mol. The Morgan fingerprint density at radius 2 is 0.861 bits per heavy atom. The maximum atomic E-state index is 13.2. The number of amides is 2. The van der Waals surface area contributed by atoms with Crippen molar-refractivity contribution in [1.29, 1.82) is 0 Å². The normalized spacial score (nSPS) is 15.6. The second-order valence-corrected chi connectivity index (χ2v) is 9.27. The van der Waals surface area contributed by atoms with E-state index in [1.807, 2.05) is 72.8 Å². The van der Waals surface area contributed by atoms with Crippen LogP contribution in [0.2, 0.25) is 0 Å². The van der Waals surface area contributed by atoms with E-state index < -0.39 is 0 Å². The molecule has 4 N–H and O–H groups in total. The molecule has 0 bridgehead atoms. The van der Waals surface area contributed by atoms with Crippen molar-refractivity contribution in [3.8, 4) is 0 Å². The lowest BCUT2D eigenvalue weighted by atomic mass is 10.00. The number of nitrogens with one attached hydrogen (secondary N) is 4. The van der Waals surface area contributed by atoms with E-state index in [1.54, 1.807) is 0 Å². The Morgan fingerprint density at radius 3 is 1.33 bits per heavy atom. The summed E-state index contributed by atoms with van der Waals surface area (Å²) in [6.07, 6.45) is 0. The van der Waals surface area contributed by atoms with Gasteiger partial charge in [-0.15, -0.1) is 0 Å².